The molecular weight excluding hydrogens is 192 g/mol. The standard InChI is InChI=1S/C11H16N2S/c1-8-6-12-5-4-9(8)13-10-7-14-11(10,2)3/h4-6,10H,7H2,1-3H3,(H,12,13). The molecule has 2 rings (SSSR count). The quantitative estimate of drug-likeness (QED) is 0.809. The van der Waals surface area contributed by atoms with Crippen LogP contribution in [0.2, 0.25) is 0 Å². The highest BCUT2D eigenvalue weighted by Gasteiger charge is 2.39. The average Bonchev–Trinajstić information content (AvgIpc) is 2.15. The van der Waals surface area contributed by atoms with Crippen LogP contribution < -0.4 is 5.32 Å². The number of nitrogens with zero attached hydrogens (tertiary/aromatic N) is 1. The lowest BCUT2D eigenvalue weighted by atomic mass is 10.0. The fourth-order valence-electron chi connectivity index (χ4n) is 1.54. The van der Waals surface area contributed by atoms with Crippen LogP contribution in [0.25, 0.3) is 0 Å². The van der Waals surface area contributed by atoms with Gasteiger partial charge in [0.25, 0.3) is 0 Å². The minimum absolute atomic E-state index is 0.371. The third kappa shape index (κ3) is 1.73. The second kappa shape index (κ2) is 3.46. The Bertz CT molecular complexity index is 336. The lowest BCUT2D eigenvalue weighted by molar-refractivity contribution is 0.576. The maximum Gasteiger partial charge on any atom is 0.0493 e. The molecule has 1 atom stereocenters. The topological polar surface area (TPSA) is 24.9 Å². The van der Waals surface area contributed by atoms with E-state index in [1.165, 1.54) is 17.0 Å². The Kier molecular flexibility index (Phi) is 2.43. The molecule has 1 N–H and O–H groups in total. The van der Waals surface area contributed by atoms with E-state index in [-0.39, 0.29) is 0 Å². The van der Waals surface area contributed by atoms with Crippen molar-refractivity contribution in [3.63, 3.8) is 0 Å². The van der Waals surface area contributed by atoms with Crippen LogP contribution in [0.15, 0.2) is 18.5 Å². The fraction of sp³-hybridized carbons (Fsp3) is 0.545. The van der Waals surface area contributed by atoms with Crippen molar-refractivity contribution in [2.45, 2.75) is 31.6 Å². The van der Waals surface area contributed by atoms with E-state index in [2.05, 4.69) is 37.1 Å². The van der Waals surface area contributed by atoms with Gasteiger partial charge in [0.2, 0.25) is 0 Å². The number of hydrogen-bond donors (Lipinski definition) is 1. The molecule has 1 aromatic heterocycles. The van der Waals surface area contributed by atoms with E-state index in [1.807, 2.05) is 24.2 Å². The lowest BCUT2D eigenvalue weighted by Gasteiger charge is -2.44. The first kappa shape index (κ1) is 9.84. The van der Waals surface area contributed by atoms with Crippen molar-refractivity contribution in [3.05, 3.63) is 24.0 Å². The Balaban J connectivity index is 2.08. The number of aryl methyl sites for hydroxylation is 1. The Morgan fingerprint density at radius 2 is 2.36 bits per heavy atom. The number of aromatic nitrogens is 1. The van der Waals surface area contributed by atoms with E-state index >= 15 is 0 Å². The van der Waals surface area contributed by atoms with E-state index in [9.17, 15) is 0 Å². The zero-order valence-corrected chi connectivity index (χ0v) is 9.69. The van der Waals surface area contributed by atoms with Gasteiger partial charge in [-0.25, -0.2) is 0 Å². The number of hydrogen-bond acceptors (Lipinski definition) is 3. The maximum atomic E-state index is 4.09. The van der Waals surface area contributed by atoms with Crippen LogP contribution in [-0.2, 0) is 0 Å². The van der Waals surface area contributed by atoms with Crippen LogP contribution in [0.1, 0.15) is 19.4 Å². The van der Waals surface area contributed by atoms with Gasteiger partial charge in [-0.05, 0) is 32.4 Å². The fourth-order valence-corrected chi connectivity index (χ4v) is 2.68. The molecule has 14 heavy (non-hydrogen) atoms. The van der Waals surface area contributed by atoms with Crippen molar-refractivity contribution in [2.24, 2.45) is 0 Å². The van der Waals surface area contributed by atoms with Crippen molar-refractivity contribution in [1.82, 2.24) is 4.98 Å². The summed E-state index contributed by atoms with van der Waals surface area (Å²) in [7, 11) is 0. The van der Waals surface area contributed by atoms with E-state index in [0.29, 0.717) is 10.8 Å². The second-order valence-electron chi connectivity index (χ2n) is 4.30. The highest BCUT2D eigenvalue weighted by Crippen LogP contribution is 2.41. The number of rotatable bonds is 2. The average molecular weight is 208 g/mol. The van der Waals surface area contributed by atoms with Crippen molar-refractivity contribution >= 4 is 17.4 Å². The minimum Gasteiger partial charge on any atom is -0.380 e. The minimum atomic E-state index is 0.371. The summed E-state index contributed by atoms with van der Waals surface area (Å²) < 4.78 is 0.371. The zero-order valence-electron chi connectivity index (χ0n) is 8.87. The van der Waals surface area contributed by atoms with Gasteiger partial charge in [0.15, 0.2) is 0 Å². The summed E-state index contributed by atoms with van der Waals surface area (Å²) in [4.78, 5) is 4.09. The van der Waals surface area contributed by atoms with Gasteiger partial charge >= 0.3 is 0 Å². The summed E-state index contributed by atoms with van der Waals surface area (Å²) in [6.07, 6.45) is 3.75. The molecule has 1 aliphatic rings. The molecule has 0 spiro atoms. The third-order valence-electron chi connectivity index (χ3n) is 2.81. The predicted octanol–water partition coefficient (Wildman–Crippen LogP) is 2.70. The van der Waals surface area contributed by atoms with Gasteiger partial charge in [-0.15, -0.1) is 0 Å². The Morgan fingerprint density at radius 3 is 2.86 bits per heavy atom. The van der Waals surface area contributed by atoms with E-state index in [0.717, 1.165) is 0 Å². The van der Waals surface area contributed by atoms with Crippen LogP contribution in [0.4, 0.5) is 5.69 Å². The number of anilines is 1. The molecule has 0 amide bonds. The molecule has 0 radical (unpaired) electrons. The molecule has 76 valence electrons. The molecule has 3 heteroatoms. The number of pyridine rings is 1. The van der Waals surface area contributed by atoms with Crippen LogP contribution in [-0.4, -0.2) is 21.5 Å². The van der Waals surface area contributed by atoms with Crippen LogP contribution in [0.3, 0.4) is 0 Å². The van der Waals surface area contributed by atoms with Crippen LogP contribution in [0, 0.1) is 6.92 Å². The first-order chi connectivity index (χ1) is 6.59. The van der Waals surface area contributed by atoms with Crippen LogP contribution >= 0.6 is 11.8 Å². The first-order valence-corrected chi connectivity index (χ1v) is 5.89. The Hall–Kier alpha value is -0.700. The van der Waals surface area contributed by atoms with E-state index < -0.39 is 0 Å². The van der Waals surface area contributed by atoms with Gasteiger partial charge in [-0.2, -0.15) is 11.8 Å². The largest absolute Gasteiger partial charge is 0.380 e. The molecule has 1 saturated heterocycles. The molecule has 1 fully saturated rings. The van der Waals surface area contributed by atoms with Gasteiger partial charge in [0.1, 0.15) is 0 Å². The third-order valence-corrected chi connectivity index (χ3v) is 4.34. The van der Waals surface area contributed by atoms with Crippen LogP contribution in [0.5, 0.6) is 0 Å². The van der Waals surface area contributed by atoms with Gasteiger partial charge in [-0.3, -0.25) is 4.98 Å². The number of nitrogens with one attached hydrogen (secondary N) is 1. The van der Waals surface area contributed by atoms with Crippen molar-refractivity contribution < 1.29 is 0 Å². The molecule has 0 aromatic carbocycles. The smallest absolute Gasteiger partial charge is 0.0493 e. The summed E-state index contributed by atoms with van der Waals surface area (Å²) in [6, 6.07) is 2.64. The van der Waals surface area contributed by atoms with E-state index in [1.54, 1.807) is 0 Å². The molecule has 2 nitrogen and oxygen atoms in total. The molecule has 0 bridgehead atoms. The number of thioether (sulfide) groups is 1. The summed E-state index contributed by atoms with van der Waals surface area (Å²) >= 11 is 2.02. The Labute approximate surface area is 89.5 Å². The van der Waals surface area contributed by atoms with Gasteiger partial charge in [-0.1, -0.05) is 0 Å². The zero-order chi connectivity index (χ0) is 10.2. The molecule has 1 aliphatic heterocycles. The first-order valence-electron chi connectivity index (χ1n) is 4.91. The molecular formula is C11H16N2S. The monoisotopic (exact) mass is 208 g/mol. The normalized spacial score (nSPS) is 24.1. The van der Waals surface area contributed by atoms with Gasteiger partial charge in [0.05, 0.1) is 0 Å². The SMILES string of the molecule is Cc1cnccc1NC1CSC1(C)C. The summed E-state index contributed by atoms with van der Waals surface area (Å²) in [5.74, 6) is 1.20. The maximum absolute atomic E-state index is 4.09. The summed E-state index contributed by atoms with van der Waals surface area (Å²) in [5, 5.41) is 3.58. The highest BCUT2D eigenvalue weighted by atomic mass is 32.2. The van der Waals surface area contributed by atoms with Crippen molar-refractivity contribution in [1.29, 1.82) is 0 Å². The summed E-state index contributed by atoms with van der Waals surface area (Å²) in [5.41, 5.74) is 2.44. The lowest BCUT2D eigenvalue weighted by Crippen LogP contribution is -2.50. The molecule has 0 saturated carbocycles. The summed E-state index contributed by atoms with van der Waals surface area (Å²) in [6.45, 7) is 6.67. The predicted molar refractivity (Wildman–Crippen MR) is 62.9 cm³/mol. The molecule has 0 aliphatic carbocycles. The Morgan fingerprint density at radius 1 is 1.57 bits per heavy atom. The highest BCUT2D eigenvalue weighted by molar-refractivity contribution is 8.02. The van der Waals surface area contributed by atoms with Crippen molar-refractivity contribution in [3.8, 4) is 0 Å². The molecule has 2 heterocycles. The van der Waals surface area contributed by atoms with Gasteiger partial charge in [0, 0.05) is 34.6 Å². The van der Waals surface area contributed by atoms with E-state index in [4.69, 9.17) is 0 Å². The molecule has 1 aromatic rings. The molecule has 1 unspecified atom stereocenters. The van der Waals surface area contributed by atoms with Gasteiger partial charge < -0.3 is 5.32 Å². The second-order valence-corrected chi connectivity index (χ2v) is 5.98. The van der Waals surface area contributed by atoms with Crippen molar-refractivity contribution in [2.75, 3.05) is 11.1 Å².